The molecule has 1 amide bonds. The minimum absolute atomic E-state index is 0.122. The van der Waals surface area contributed by atoms with Gasteiger partial charge in [0.25, 0.3) is 0 Å². The third kappa shape index (κ3) is 3.35. The van der Waals surface area contributed by atoms with Gasteiger partial charge in [0.2, 0.25) is 5.91 Å². The molecule has 3 heteroatoms. The zero-order chi connectivity index (χ0) is 13.9. The topological polar surface area (TPSA) is 49.3 Å². The molecule has 104 valence electrons. The molecule has 3 nitrogen and oxygen atoms in total. The molecule has 0 saturated heterocycles. The van der Waals surface area contributed by atoms with Crippen LogP contribution in [0, 0.1) is 5.41 Å². The summed E-state index contributed by atoms with van der Waals surface area (Å²) in [6.45, 7) is 3.79. The molecular formula is C16H23NO2. The highest BCUT2D eigenvalue weighted by atomic mass is 16.3. The first-order valence-electron chi connectivity index (χ1n) is 7.11. The van der Waals surface area contributed by atoms with E-state index < -0.39 is 6.10 Å². The van der Waals surface area contributed by atoms with E-state index in [1.807, 2.05) is 24.3 Å². The Morgan fingerprint density at radius 1 is 1.21 bits per heavy atom. The van der Waals surface area contributed by atoms with Crippen LogP contribution in [-0.2, 0) is 4.79 Å². The van der Waals surface area contributed by atoms with Crippen molar-refractivity contribution in [3.8, 4) is 0 Å². The lowest BCUT2D eigenvalue weighted by Crippen LogP contribution is -2.35. The van der Waals surface area contributed by atoms with Gasteiger partial charge in [0, 0.05) is 11.1 Å². The van der Waals surface area contributed by atoms with Crippen LogP contribution in [-0.4, -0.2) is 11.0 Å². The predicted molar refractivity (Wildman–Crippen MR) is 76.9 cm³/mol. The van der Waals surface area contributed by atoms with E-state index in [9.17, 15) is 9.90 Å². The van der Waals surface area contributed by atoms with Crippen molar-refractivity contribution in [1.82, 2.24) is 0 Å². The van der Waals surface area contributed by atoms with Crippen LogP contribution >= 0.6 is 0 Å². The molecule has 1 atom stereocenters. The van der Waals surface area contributed by atoms with Crippen molar-refractivity contribution in [2.45, 2.75) is 52.1 Å². The van der Waals surface area contributed by atoms with E-state index in [4.69, 9.17) is 0 Å². The van der Waals surface area contributed by atoms with Gasteiger partial charge >= 0.3 is 0 Å². The van der Waals surface area contributed by atoms with E-state index in [0.717, 1.165) is 36.9 Å². The summed E-state index contributed by atoms with van der Waals surface area (Å²) in [6, 6.07) is 7.41. The number of hydrogen-bond acceptors (Lipinski definition) is 2. The molecule has 1 aromatic carbocycles. The molecule has 0 spiro atoms. The molecule has 1 unspecified atom stereocenters. The molecule has 1 fully saturated rings. The minimum atomic E-state index is -0.472. The zero-order valence-electron chi connectivity index (χ0n) is 11.8. The van der Waals surface area contributed by atoms with Crippen LogP contribution in [0.25, 0.3) is 0 Å². The summed E-state index contributed by atoms with van der Waals surface area (Å²) in [7, 11) is 0. The van der Waals surface area contributed by atoms with Crippen molar-refractivity contribution in [2.75, 3.05) is 5.32 Å². The maximum absolute atomic E-state index is 12.3. The second-order valence-electron chi connectivity index (χ2n) is 5.87. The van der Waals surface area contributed by atoms with Crippen LogP contribution in [0.1, 0.15) is 57.6 Å². The van der Waals surface area contributed by atoms with Crippen LogP contribution < -0.4 is 5.32 Å². The molecule has 2 N–H and O–H groups in total. The molecule has 0 heterocycles. The molecule has 0 aliphatic heterocycles. The molecule has 2 rings (SSSR count). The highest BCUT2D eigenvalue weighted by Crippen LogP contribution is 2.36. The quantitative estimate of drug-likeness (QED) is 0.872. The molecule has 0 radical (unpaired) electrons. The molecule has 1 saturated carbocycles. The highest BCUT2D eigenvalue weighted by Gasteiger charge is 2.34. The number of amides is 1. The molecule has 1 aromatic rings. The Kier molecular flexibility index (Phi) is 4.25. The third-order valence-electron chi connectivity index (χ3n) is 4.16. The van der Waals surface area contributed by atoms with Crippen LogP contribution in [0.3, 0.4) is 0 Å². The fourth-order valence-corrected chi connectivity index (χ4v) is 2.69. The summed E-state index contributed by atoms with van der Waals surface area (Å²) in [5, 5.41) is 12.5. The average Bonchev–Trinajstić information content (AvgIpc) is 2.40. The van der Waals surface area contributed by atoms with E-state index >= 15 is 0 Å². The van der Waals surface area contributed by atoms with Gasteiger partial charge in [-0.1, -0.05) is 38.3 Å². The number of anilines is 1. The minimum Gasteiger partial charge on any atom is -0.389 e. The number of carbonyl (C=O) groups is 1. The van der Waals surface area contributed by atoms with Gasteiger partial charge in [-0.25, -0.2) is 0 Å². The summed E-state index contributed by atoms with van der Waals surface area (Å²) in [5.41, 5.74) is 1.45. The first-order valence-corrected chi connectivity index (χ1v) is 7.11. The summed E-state index contributed by atoms with van der Waals surface area (Å²) in [4.78, 5) is 12.3. The Bertz CT molecular complexity index is 431. The Hall–Kier alpha value is -1.35. The van der Waals surface area contributed by atoms with Gasteiger partial charge < -0.3 is 10.4 Å². The van der Waals surface area contributed by atoms with Crippen molar-refractivity contribution in [3.05, 3.63) is 29.8 Å². The predicted octanol–water partition coefficient (Wildman–Crippen LogP) is 3.65. The van der Waals surface area contributed by atoms with E-state index in [1.165, 1.54) is 6.42 Å². The molecular weight excluding hydrogens is 238 g/mol. The second kappa shape index (κ2) is 5.74. The van der Waals surface area contributed by atoms with Crippen LogP contribution in [0.4, 0.5) is 5.69 Å². The van der Waals surface area contributed by atoms with E-state index in [0.29, 0.717) is 0 Å². The summed E-state index contributed by atoms with van der Waals surface area (Å²) in [5.74, 6) is 0.122. The lowest BCUT2D eigenvalue weighted by molar-refractivity contribution is -0.126. The van der Waals surface area contributed by atoms with Gasteiger partial charge in [0.15, 0.2) is 0 Å². The second-order valence-corrected chi connectivity index (χ2v) is 5.87. The molecule has 19 heavy (non-hydrogen) atoms. The molecule has 0 bridgehead atoms. The van der Waals surface area contributed by atoms with Crippen LogP contribution in [0.5, 0.6) is 0 Å². The van der Waals surface area contributed by atoms with Crippen molar-refractivity contribution < 1.29 is 9.90 Å². The lowest BCUT2D eigenvalue weighted by atomic mass is 9.75. The summed E-state index contributed by atoms with van der Waals surface area (Å²) < 4.78 is 0. The molecule has 0 aromatic heterocycles. The SMILES string of the molecule is CC(O)c1ccc(NC(=O)C2(C)CCCCC2)cc1. The standard InChI is InChI=1S/C16H23NO2/c1-12(18)13-6-8-14(9-7-13)17-15(19)16(2)10-4-3-5-11-16/h6-9,12,18H,3-5,10-11H2,1-2H3,(H,17,19). The lowest BCUT2D eigenvalue weighted by Gasteiger charge is -2.32. The number of benzene rings is 1. The van der Waals surface area contributed by atoms with Crippen molar-refractivity contribution in [3.63, 3.8) is 0 Å². The Morgan fingerprint density at radius 2 is 1.79 bits per heavy atom. The molecule has 1 aliphatic rings. The van der Waals surface area contributed by atoms with Crippen molar-refractivity contribution in [2.24, 2.45) is 5.41 Å². The fourth-order valence-electron chi connectivity index (χ4n) is 2.69. The van der Waals surface area contributed by atoms with Crippen LogP contribution in [0.15, 0.2) is 24.3 Å². The average molecular weight is 261 g/mol. The van der Waals surface area contributed by atoms with Crippen molar-refractivity contribution >= 4 is 11.6 Å². The van der Waals surface area contributed by atoms with Crippen molar-refractivity contribution in [1.29, 1.82) is 0 Å². The van der Waals surface area contributed by atoms with E-state index in [-0.39, 0.29) is 11.3 Å². The highest BCUT2D eigenvalue weighted by molar-refractivity contribution is 5.95. The fraction of sp³-hybridized carbons (Fsp3) is 0.562. The van der Waals surface area contributed by atoms with Gasteiger partial charge in [0.05, 0.1) is 6.10 Å². The van der Waals surface area contributed by atoms with Gasteiger partial charge in [-0.05, 0) is 37.5 Å². The normalized spacial score (nSPS) is 19.7. The molecule has 1 aliphatic carbocycles. The number of aliphatic hydroxyl groups excluding tert-OH is 1. The maximum Gasteiger partial charge on any atom is 0.230 e. The Morgan fingerprint density at radius 3 is 2.32 bits per heavy atom. The number of rotatable bonds is 3. The summed E-state index contributed by atoms with van der Waals surface area (Å²) >= 11 is 0. The monoisotopic (exact) mass is 261 g/mol. The first kappa shape index (κ1) is 14.1. The number of hydrogen-bond donors (Lipinski definition) is 2. The third-order valence-corrected chi connectivity index (χ3v) is 4.16. The van der Waals surface area contributed by atoms with Gasteiger partial charge in [-0.3, -0.25) is 4.79 Å². The smallest absolute Gasteiger partial charge is 0.230 e. The number of carbonyl (C=O) groups excluding carboxylic acids is 1. The number of nitrogens with one attached hydrogen (secondary N) is 1. The Balaban J connectivity index is 2.02. The van der Waals surface area contributed by atoms with Gasteiger partial charge in [-0.15, -0.1) is 0 Å². The van der Waals surface area contributed by atoms with Gasteiger partial charge in [-0.2, -0.15) is 0 Å². The largest absolute Gasteiger partial charge is 0.389 e. The summed E-state index contributed by atoms with van der Waals surface area (Å²) in [6.07, 6.45) is 5.01. The van der Waals surface area contributed by atoms with E-state index in [2.05, 4.69) is 12.2 Å². The zero-order valence-corrected chi connectivity index (χ0v) is 11.8. The maximum atomic E-state index is 12.3. The number of aliphatic hydroxyl groups is 1. The van der Waals surface area contributed by atoms with Gasteiger partial charge in [0.1, 0.15) is 0 Å². The van der Waals surface area contributed by atoms with E-state index in [1.54, 1.807) is 6.92 Å². The van der Waals surface area contributed by atoms with Crippen LogP contribution in [0.2, 0.25) is 0 Å². The first-order chi connectivity index (χ1) is 9.01. The Labute approximate surface area is 115 Å².